The maximum atomic E-state index is 13.2. The first-order valence-corrected chi connectivity index (χ1v) is 6.96. The van der Waals surface area contributed by atoms with Gasteiger partial charge in [-0.15, -0.1) is 0 Å². The molecule has 0 bridgehead atoms. The fraction of sp³-hybridized carbons (Fsp3) is 0.250. The van der Waals surface area contributed by atoms with Crippen LogP contribution in [0.1, 0.15) is 28.9 Å². The summed E-state index contributed by atoms with van der Waals surface area (Å²) in [7, 11) is 0. The quantitative estimate of drug-likeness (QED) is 0.844. The third-order valence-corrected chi connectivity index (χ3v) is 3.08. The number of carbonyl (C=O) groups excluding carboxylic acids is 1. The van der Waals surface area contributed by atoms with Gasteiger partial charge in [-0.2, -0.15) is 13.2 Å². The van der Waals surface area contributed by atoms with Gasteiger partial charge in [-0.1, -0.05) is 12.1 Å². The van der Waals surface area contributed by atoms with Crippen molar-refractivity contribution in [1.82, 2.24) is 10.3 Å². The van der Waals surface area contributed by atoms with Gasteiger partial charge in [-0.25, -0.2) is 9.37 Å². The Morgan fingerprint density at radius 3 is 2.62 bits per heavy atom. The molecular formula is C16H14F4N2O2. The normalized spacial score (nSPS) is 12.5. The van der Waals surface area contributed by atoms with Crippen molar-refractivity contribution >= 4 is 5.91 Å². The monoisotopic (exact) mass is 342 g/mol. The van der Waals surface area contributed by atoms with Crippen LogP contribution < -0.4 is 10.1 Å². The topological polar surface area (TPSA) is 51.2 Å². The molecule has 1 atom stereocenters. The van der Waals surface area contributed by atoms with Crippen LogP contribution in [0.3, 0.4) is 0 Å². The largest absolute Gasteiger partial charge is 0.468 e. The van der Waals surface area contributed by atoms with E-state index >= 15 is 0 Å². The van der Waals surface area contributed by atoms with E-state index < -0.39 is 30.5 Å². The van der Waals surface area contributed by atoms with Crippen LogP contribution >= 0.6 is 0 Å². The van der Waals surface area contributed by atoms with Crippen LogP contribution in [0.2, 0.25) is 0 Å². The summed E-state index contributed by atoms with van der Waals surface area (Å²) < 4.78 is 53.7. The van der Waals surface area contributed by atoms with Gasteiger partial charge in [0.15, 0.2) is 6.61 Å². The summed E-state index contributed by atoms with van der Waals surface area (Å²) in [5.41, 5.74) is 0.735. The van der Waals surface area contributed by atoms with E-state index in [-0.39, 0.29) is 11.4 Å². The van der Waals surface area contributed by atoms with Crippen molar-refractivity contribution in [2.45, 2.75) is 19.1 Å². The highest BCUT2D eigenvalue weighted by molar-refractivity contribution is 5.94. The number of carbonyl (C=O) groups is 1. The highest BCUT2D eigenvalue weighted by Gasteiger charge is 2.28. The van der Waals surface area contributed by atoms with Crippen LogP contribution in [0, 0.1) is 5.82 Å². The molecule has 2 rings (SSSR count). The minimum absolute atomic E-state index is 0.151. The van der Waals surface area contributed by atoms with Gasteiger partial charge in [0.1, 0.15) is 5.82 Å². The predicted octanol–water partition coefficient (Wildman–Crippen LogP) is 3.65. The van der Waals surface area contributed by atoms with Crippen molar-refractivity contribution in [3.63, 3.8) is 0 Å². The number of aromatic nitrogens is 1. The zero-order chi connectivity index (χ0) is 17.7. The van der Waals surface area contributed by atoms with Gasteiger partial charge in [0, 0.05) is 12.3 Å². The Balaban J connectivity index is 1.97. The first kappa shape index (κ1) is 17.7. The SMILES string of the molecule is CC(NC(=O)c1ccc(OCC(F)(F)F)nc1)c1cccc(F)c1. The molecule has 0 saturated carbocycles. The molecule has 0 aliphatic heterocycles. The van der Waals surface area contributed by atoms with Crippen molar-refractivity contribution in [3.8, 4) is 5.88 Å². The molecule has 24 heavy (non-hydrogen) atoms. The molecule has 0 aliphatic rings. The number of ether oxygens (including phenoxy) is 1. The lowest BCUT2D eigenvalue weighted by molar-refractivity contribution is -0.154. The molecule has 0 saturated heterocycles. The number of halogens is 4. The van der Waals surface area contributed by atoms with Crippen LogP contribution in [0.5, 0.6) is 5.88 Å². The molecule has 0 aliphatic carbocycles. The van der Waals surface area contributed by atoms with Gasteiger partial charge in [-0.3, -0.25) is 4.79 Å². The number of nitrogens with one attached hydrogen (secondary N) is 1. The maximum absolute atomic E-state index is 13.2. The Hall–Kier alpha value is -2.64. The minimum Gasteiger partial charge on any atom is -0.468 e. The number of nitrogens with zero attached hydrogens (tertiary/aromatic N) is 1. The first-order chi connectivity index (χ1) is 11.2. The lowest BCUT2D eigenvalue weighted by atomic mass is 10.1. The second-order valence-electron chi connectivity index (χ2n) is 5.04. The molecule has 1 unspecified atom stereocenters. The molecule has 2 aromatic rings. The van der Waals surface area contributed by atoms with Gasteiger partial charge in [0.2, 0.25) is 5.88 Å². The van der Waals surface area contributed by atoms with E-state index in [0.717, 1.165) is 6.20 Å². The second-order valence-corrected chi connectivity index (χ2v) is 5.04. The van der Waals surface area contributed by atoms with E-state index in [4.69, 9.17) is 0 Å². The number of benzene rings is 1. The van der Waals surface area contributed by atoms with Crippen LogP contribution in [-0.4, -0.2) is 23.7 Å². The molecule has 0 radical (unpaired) electrons. The van der Waals surface area contributed by atoms with Crippen LogP contribution in [0.25, 0.3) is 0 Å². The van der Waals surface area contributed by atoms with Crippen molar-refractivity contribution < 1.29 is 27.1 Å². The Kier molecular flexibility index (Phi) is 5.38. The summed E-state index contributed by atoms with van der Waals surface area (Å²) in [5, 5.41) is 2.65. The number of hydrogen-bond acceptors (Lipinski definition) is 3. The minimum atomic E-state index is -4.46. The maximum Gasteiger partial charge on any atom is 0.422 e. The Labute approximate surface area is 135 Å². The third kappa shape index (κ3) is 5.22. The van der Waals surface area contributed by atoms with E-state index in [2.05, 4.69) is 15.0 Å². The molecule has 8 heteroatoms. The van der Waals surface area contributed by atoms with Gasteiger partial charge < -0.3 is 10.1 Å². The molecule has 1 N–H and O–H groups in total. The molecular weight excluding hydrogens is 328 g/mol. The van der Waals surface area contributed by atoms with Gasteiger partial charge in [0.25, 0.3) is 5.91 Å². The Morgan fingerprint density at radius 2 is 2.04 bits per heavy atom. The lowest BCUT2D eigenvalue weighted by Gasteiger charge is -2.14. The number of pyridine rings is 1. The summed E-state index contributed by atoms with van der Waals surface area (Å²) in [4.78, 5) is 15.7. The van der Waals surface area contributed by atoms with E-state index in [1.807, 2.05) is 0 Å². The number of rotatable bonds is 5. The molecule has 128 valence electrons. The number of amides is 1. The number of alkyl halides is 3. The standard InChI is InChI=1S/C16H14F4N2O2/c1-10(11-3-2-4-13(17)7-11)22-15(23)12-5-6-14(21-8-12)24-9-16(18,19)20/h2-8,10H,9H2,1H3,(H,22,23). The lowest BCUT2D eigenvalue weighted by Crippen LogP contribution is -2.26. The molecule has 1 aromatic carbocycles. The molecule has 1 heterocycles. The fourth-order valence-corrected chi connectivity index (χ4v) is 1.90. The molecule has 1 amide bonds. The second kappa shape index (κ2) is 7.29. The van der Waals surface area contributed by atoms with Gasteiger partial charge in [0.05, 0.1) is 11.6 Å². The highest BCUT2D eigenvalue weighted by Crippen LogP contribution is 2.18. The predicted molar refractivity (Wildman–Crippen MR) is 78.1 cm³/mol. The molecule has 0 spiro atoms. The van der Waals surface area contributed by atoms with Gasteiger partial charge >= 0.3 is 6.18 Å². The van der Waals surface area contributed by atoms with E-state index in [0.29, 0.717) is 5.56 Å². The van der Waals surface area contributed by atoms with Crippen LogP contribution in [-0.2, 0) is 0 Å². The van der Waals surface area contributed by atoms with Crippen LogP contribution in [0.4, 0.5) is 17.6 Å². The van der Waals surface area contributed by atoms with E-state index in [1.54, 1.807) is 13.0 Å². The van der Waals surface area contributed by atoms with Crippen molar-refractivity contribution in [2.75, 3.05) is 6.61 Å². The first-order valence-electron chi connectivity index (χ1n) is 6.96. The summed E-state index contributed by atoms with van der Waals surface area (Å²) in [6, 6.07) is 7.81. The summed E-state index contributed by atoms with van der Waals surface area (Å²) in [6.07, 6.45) is -3.35. The summed E-state index contributed by atoms with van der Waals surface area (Å²) in [5.74, 6) is -1.13. The Morgan fingerprint density at radius 1 is 1.29 bits per heavy atom. The average Bonchev–Trinajstić information content (AvgIpc) is 2.52. The zero-order valence-electron chi connectivity index (χ0n) is 12.6. The highest BCUT2D eigenvalue weighted by atomic mass is 19.4. The number of hydrogen-bond donors (Lipinski definition) is 1. The van der Waals surface area contributed by atoms with Crippen molar-refractivity contribution in [3.05, 3.63) is 59.5 Å². The smallest absolute Gasteiger partial charge is 0.422 e. The van der Waals surface area contributed by atoms with Crippen LogP contribution in [0.15, 0.2) is 42.6 Å². The van der Waals surface area contributed by atoms with Crippen molar-refractivity contribution in [1.29, 1.82) is 0 Å². The van der Waals surface area contributed by atoms with Gasteiger partial charge in [-0.05, 0) is 30.7 Å². The third-order valence-electron chi connectivity index (χ3n) is 3.08. The molecule has 0 fully saturated rings. The van der Waals surface area contributed by atoms with Crippen molar-refractivity contribution in [2.24, 2.45) is 0 Å². The fourth-order valence-electron chi connectivity index (χ4n) is 1.90. The molecule has 1 aromatic heterocycles. The summed E-state index contributed by atoms with van der Waals surface area (Å²) >= 11 is 0. The molecule has 4 nitrogen and oxygen atoms in total. The van der Waals surface area contributed by atoms with E-state index in [9.17, 15) is 22.4 Å². The average molecular weight is 342 g/mol. The van der Waals surface area contributed by atoms with E-state index in [1.165, 1.54) is 30.3 Å². The zero-order valence-corrected chi connectivity index (χ0v) is 12.6. The Bertz CT molecular complexity index is 702. The summed E-state index contributed by atoms with van der Waals surface area (Å²) in [6.45, 7) is 0.225.